The maximum atomic E-state index is 11.7. The molecule has 0 bridgehead atoms. The molecule has 0 radical (unpaired) electrons. The van der Waals surface area contributed by atoms with E-state index < -0.39 is 5.97 Å². The Morgan fingerprint density at radius 1 is 1.32 bits per heavy atom. The summed E-state index contributed by atoms with van der Waals surface area (Å²) in [6.07, 6.45) is 0. The van der Waals surface area contributed by atoms with Crippen molar-refractivity contribution in [3.8, 4) is 0 Å². The van der Waals surface area contributed by atoms with Crippen molar-refractivity contribution in [3.05, 3.63) is 26.8 Å². The lowest BCUT2D eigenvalue weighted by molar-refractivity contribution is 0.0601. The van der Waals surface area contributed by atoms with Crippen LogP contribution in [0, 0.1) is 10.5 Å². The summed E-state index contributed by atoms with van der Waals surface area (Å²) in [6, 6.07) is 3.38. The molecule has 0 aromatic heterocycles. The molecule has 1 rings (SSSR count). The standard InChI is InChI=1S/C11H14IN5O2/c1-5-3-8(16-11(15)17-10(13)14)6(4-7(5)12)9(18)19-2/h3-4H,1-2H3,(H6,13,14,15,16,17). The van der Waals surface area contributed by atoms with Crippen LogP contribution >= 0.6 is 22.6 Å². The Kier molecular flexibility index (Phi) is 5.10. The van der Waals surface area contributed by atoms with Crippen molar-refractivity contribution >= 4 is 46.2 Å². The summed E-state index contributed by atoms with van der Waals surface area (Å²) >= 11 is 2.11. The van der Waals surface area contributed by atoms with Crippen LogP contribution in [0.4, 0.5) is 5.69 Å². The van der Waals surface area contributed by atoms with Gasteiger partial charge in [0.15, 0.2) is 5.96 Å². The molecule has 7 nitrogen and oxygen atoms in total. The SMILES string of the molecule is COC(=O)c1cc(I)c(C)cc1N=C(N)N=C(N)N. The minimum Gasteiger partial charge on any atom is -0.465 e. The largest absolute Gasteiger partial charge is 0.465 e. The Morgan fingerprint density at radius 2 is 1.95 bits per heavy atom. The Balaban J connectivity index is 3.37. The molecule has 8 heteroatoms. The van der Waals surface area contributed by atoms with Gasteiger partial charge in [-0.2, -0.15) is 4.99 Å². The highest BCUT2D eigenvalue weighted by atomic mass is 127. The molecule has 6 N–H and O–H groups in total. The number of hydrogen-bond donors (Lipinski definition) is 3. The monoisotopic (exact) mass is 375 g/mol. The molecule has 102 valence electrons. The highest BCUT2D eigenvalue weighted by Crippen LogP contribution is 2.25. The van der Waals surface area contributed by atoms with Crippen molar-refractivity contribution in [3.63, 3.8) is 0 Å². The normalized spacial score (nSPS) is 11.0. The minimum atomic E-state index is -0.505. The number of hydrogen-bond acceptors (Lipinski definition) is 3. The number of ether oxygens (including phenoxy) is 1. The van der Waals surface area contributed by atoms with E-state index in [-0.39, 0.29) is 11.9 Å². The molecule has 0 aliphatic rings. The van der Waals surface area contributed by atoms with E-state index in [1.165, 1.54) is 7.11 Å². The van der Waals surface area contributed by atoms with E-state index in [2.05, 4.69) is 32.6 Å². The Bertz CT molecular complexity index is 564. The fraction of sp³-hybridized carbons (Fsp3) is 0.182. The first-order valence-corrected chi connectivity index (χ1v) is 6.25. The van der Waals surface area contributed by atoms with Crippen molar-refractivity contribution in [1.82, 2.24) is 0 Å². The van der Waals surface area contributed by atoms with Crippen LogP contribution in [-0.4, -0.2) is 25.0 Å². The third kappa shape index (κ3) is 4.09. The molecule has 19 heavy (non-hydrogen) atoms. The van der Waals surface area contributed by atoms with Crippen LogP contribution in [0.2, 0.25) is 0 Å². The highest BCUT2D eigenvalue weighted by Gasteiger charge is 2.14. The lowest BCUT2D eigenvalue weighted by Crippen LogP contribution is -2.26. The molecule has 0 unspecified atom stereocenters. The second-order valence-electron chi connectivity index (χ2n) is 3.62. The van der Waals surface area contributed by atoms with Crippen LogP contribution in [-0.2, 0) is 4.74 Å². The van der Waals surface area contributed by atoms with Crippen LogP contribution in [0.1, 0.15) is 15.9 Å². The van der Waals surface area contributed by atoms with E-state index in [1.807, 2.05) is 6.92 Å². The Hall–Kier alpha value is -1.84. The van der Waals surface area contributed by atoms with E-state index in [0.717, 1.165) is 9.13 Å². The summed E-state index contributed by atoms with van der Waals surface area (Å²) in [5.41, 5.74) is 17.6. The average molecular weight is 375 g/mol. The summed E-state index contributed by atoms with van der Waals surface area (Å²) in [5, 5.41) is 0. The zero-order valence-electron chi connectivity index (χ0n) is 10.5. The lowest BCUT2D eigenvalue weighted by Gasteiger charge is -2.07. The third-order valence-corrected chi connectivity index (χ3v) is 3.32. The first-order valence-electron chi connectivity index (χ1n) is 5.17. The predicted molar refractivity (Wildman–Crippen MR) is 82.3 cm³/mol. The number of carbonyl (C=O) groups excluding carboxylic acids is 1. The molecule has 0 heterocycles. The molecule has 0 amide bonds. The molecule has 0 aliphatic heterocycles. The van der Waals surface area contributed by atoms with E-state index in [1.54, 1.807) is 12.1 Å². The van der Waals surface area contributed by atoms with Crippen LogP contribution < -0.4 is 17.2 Å². The molecule has 1 aromatic rings. The number of halogens is 1. The van der Waals surface area contributed by atoms with E-state index in [0.29, 0.717) is 11.3 Å². The van der Waals surface area contributed by atoms with Gasteiger partial charge in [-0.15, -0.1) is 0 Å². The first kappa shape index (κ1) is 15.2. The van der Waals surface area contributed by atoms with Gasteiger partial charge in [-0.05, 0) is 47.2 Å². The number of nitrogens with zero attached hydrogens (tertiary/aromatic N) is 2. The fourth-order valence-electron chi connectivity index (χ4n) is 1.31. The van der Waals surface area contributed by atoms with E-state index in [4.69, 9.17) is 21.9 Å². The van der Waals surface area contributed by atoms with Gasteiger partial charge in [0, 0.05) is 3.57 Å². The second-order valence-corrected chi connectivity index (χ2v) is 4.78. The molecule has 0 fully saturated rings. The number of nitrogens with two attached hydrogens (primary N) is 3. The van der Waals surface area contributed by atoms with Gasteiger partial charge in [-0.3, -0.25) is 0 Å². The summed E-state index contributed by atoms with van der Waals surface area (Å²) in [4.78, 5) is 19.3. The molecule has 0 aliphatic carbocycles. The molecule has 0 spiro atoms. The lowest BCUT2D eigenvalue weighted by atomic mass is 10.1. The smallest absolute Gasteiger partial charge is 0.340 e. The van der Waals surface area contributed by atoms with Crippen LogP contribution in [0.25, 0.3) is 0 Å². The summed E-state index contributed by atoms with van der Waals surface area (Å²) in [6.45, 7) is 1.89. The maximum Gasteiger partial charge on any atom is 0.340 e. The Morgan fingerprint density at radius 3 is 2.47 bits per heavy atom. The van der Waals surface area contributed by atoms with Crippen molar-refractivity contribution < 1.29 is 9.53 Å². The fourth-order valence-corrected chi connectivity index (χ4v) is 1.78. The van der Waals surface area contributed by atoms with Crippen molar-refractivity contribution in [1.29, 1.82) is 0 Å². The quantitative estimate of drug-likeness (QED) is 0.302. The highest BCUT2D eigenvalue weighted by molar-refractivity contribution is 14.1. The first-order chi connectivity index (χ1) is 8.85. The van der Waals surface area contributed by atoms with Crippen LogP contribution in [0.5, 0.6) is 0 Å². The van der Waals surface area contributed by atoms with Crippen LogP contribution in [0.15, 0.2) is 22.1 Å². The Labute approximate surface area is 124 Å². The molecule has 1 aromatic carbocycles. The van der Waals surface area contributed by atoms with E-state index >= 15 is 0 Å². The number of benzene rings is 1. The average Bonchev–Trinajstić information content (AvgIpc) is 2.31. The van der Waals surface area contributed by atoms with Crippen molar-refractivity contribution in [2.24, 2.45) is 27.2 Å². The summed E-state index contributed by atoms with van der Waals surface area (Å²) < 4.78 is 5.61. The van der Waals surface area contributed by atoms with Gasteiger partial charge in [0.05, 0.1) is 18.4 Å². The summed E-state index contributed by atoms with van der Waals surface area (Å²) in [5.74, 6) is -0.844. The van der Waals surface area contributed by atoms with Crippen molar-refractivity contribution in [2.45, 2.75) is 6.92 Å². The number of aryl methyl sites for hydroxylation is 1. The van der Waals surface area contributed by atoms with Gasteiger partial charge in [-0.1, -0.05) is 0 Å². The van der Waals surface area contributed by atoms with Gasteiger partial charge < -0.3 is 21.9 Å². The number of aliphatic imine (C=N–C) groups is 2. The zero-order valence-corrected chi connectivity index (χ0v) is 12.6. The maximum absolute atomic E-state index is 11.7. The third-order valence-electron chi connectivity index (χ3n) is 2.16. The summed E-state index contributed by atoms with van der Waals surface area (Å²) in [7, 11) is 1.29. The second kappa shape index (κ2) is 6.36. The van der Waals surface area contributed by atoms with Crippen LogP contribution in [0.3, 0.4) is 0 Å². The number of guanidine groups is 2. The number of esters is 1. The number of methoxy groups -OCH3 is 1. The molecule has 0 saturated heterocycles. The van der Waals surface area contributed by atoms with Gasteiger partial charge in [0.25, 0.3) is 0 Å². The molecule has 0 saturated carbocycles. The van der Waals surface area contributed by atoms with Gasteiger partial charge >= 0.3 is 5.97 Å². The van der Waals surface area contributed by atoms with E-state index in [9.17, 15) is 4.79 Å². The zero-order chi connectivity index (χ0) is 14.6. The molecule has 0 atom stereocenters. The van der Waals surface area contributed by atoms with Gasteiger partial charge in [0.2, 0.25) is 5.96 Å². The number of rotatable bonds is 2. The predicted octanol–water partition coefficient (Wildman–Crippen LogP) is 0.606. The molecular weight excluding hydrogens is 361 g/mol. The van der Waals surface area contributed by atoms with Crippen molar-refractivity contribution in [2.75, 3.05) is 7.11 Å². The van der Waals surface area contributed by atoms with Gasteiger partial charge in [0.1, 0.15) is 0 Å². The minimum absolute atomic E-state index is 0.134. The van der Waals surface area contributed by atoms with Gasteiger partial charge in [-0.25, -0.2) is 9.79 Å². The number of carbonyl (C=O) groups is 1. The topological polar surface area (TPSA) is 129 Å². The molecular formula is C11H14IN5O2.